The summed E-state index contributed by atoms with van der Waals surface area (Å²) in [6.45, 7) is 2.18. The molecule has 2 amide bonds. The number of nitrogens with zero attached hydrogens (tertiary/aromatic N) is 3. The molecule has 3 rings (SSSR count). The monoisotopic (exact) mass is 455 g/mol. The maximum absolute atomic E-state index is 12.2. The average molecular weight is 456 g/mol. The fourth-order valence-electron chi connectivity index (χ4n) is 2.83. The van der Waals surface area contributed by atoms with Gasteiger partial charge in [-0.1, -0.05) is 18.2 Å². The molecule has 0 unspecified atom stereocenters. The van der Waals surface area contributed by atoms with Gasteiger partial charge in [-0.15, -0.1) is 22.0 Å². The molecule has 32 heavy (non-hydrogen) atoms. The molecule has 0 radical (unpaired) electrons. The Kier molecular flexibility index (Phi) is 9.39. The van der Waals surface area contributed by atoms with Crippen molar-refractivity contribution in [2.45, 2.75) is 12.2 Å². The van der Waals surface area contributed by atoms with Gasteiger partial charge in [-0.05, 0) is 56.4 Å². The Labute approximate surface area is 192 Å². The van der Waals surface area contributed by atoms with E-state index in [1.165, 1.54) is 0 Å². The van der Waals surface area contributed by atoms with E-state index in [2.05, 4.69) is 20.8 Å². The fraction of sp³-hybridized carbons (Fsp3) is 0.348. The van der Waals surface area contributed by atoms with Crippen molar-refractivity contribution >= 4 is 23.5 Å². The molecule has 0 aliphatic heterocycles. The smallest absolute Gasteiger partial charge is 0.321 e. The third kappa shape index (κ3) is 7.58. The molecule has 0 aliphatic carbocycles. The van der Waals surface area contributed by atoms with E-state index in [4.69, 9.17) is 9.15 Å². The number of carbonyl (C=O) groups is 1. The summed E-state index contributed by atoms with van der Waals surface area (Å²) in [4.78, 5) is 13.9. The molecule has 2 N–H and O–H groups in total. The first kappa shape index (κ1) is 23.6. The molecule has 0 bridgehead atoms. The Balaban J connectivity index is 1.41. The van der Waals surface area contributed by atoms with E-state index in [9.17, 15) is 4.79 Å². The average Bonchev–Trinajstić information content (AvgIpc) is 3.29. The summed E-state index contributed by atoms with van der Waals surface area (Å²) < 4.78 is 11.4. The van der Waals surface area contributed by atoms with Gasteiger partial charge in [0.1, 0.15) is 5.75 Å². The minimum atomic E-state index is -0.137. The number of carbonyl (C=O) groups excluding carboxylic acids is 1. The normalized spacial score (nSPS) is 10.7. The minimum absolute atomic E-state index is 0.137. The molecular formula is C23H29N5O3S. The Bertz CT molecular complexity index is 950. The summed E-state index contributed by atoms with van der Waals surface area (Å²) in [5.41, 5.74) is 1.52. The van der Waals surface area contributed by atoms with Crippen LogP contribution in [-0.4, -0.2) is 60.7 Å². The van der Waals surface area contributed by atoms with Gasteiger partial charge in [0.05, 0.1) is 12.4 Å². The van der Waals surface area contributed by atoms with E-state index in [0.29, 0.717) is 36.4 Å². The second-order valence-electron chi connectivity index (χ2n) is 7.10. The molecule has 2 aromatic carbocycles. The van der Waals surface area contributed by atoms with Gasteiger partial charge < -0.3 is 24.7 Å². The van der Waals surface area contributed by atoms with Crippen molar-refractivity contribution in [3.8, 4) is 17.2 Å². The second-order valence-corrected chi connectivity index (χ2v) is 8.21. The topological polar surface area (TPSA) is 92.5 Å². The Morgan fingerprint density at radius 2 is 1.91 bits per heavy atom. The zero-order valence-electron chi connectivity index (χ0n) is 18.4. The fourth-order valence-corrected chi connectivity index (χ4v) is 3.47. The lowest BCUT2D eigenvalue weighted by Gasteiger charge is -2.17. The van der Waals surface area contributed by atoms with E-state index < -0.39 is 0 Å². The molecule has 3 aromatic rings. The van der Waals surface area contributed by atoms with Crippen LogP contribution >= 0.6 is 11.8 Å². The molecule has 0 saturated heterocycles. The summed E-state index contributed by atoms with van der Waals surface area (Å²) in [6, 6.07) is 17.0. The lowest BCUT2D eigenvalue weighted by Crippen LogP contribution is -2.33. The van der Waals surface area contributed by atoms with Gasteiger partial charge >= 0.3 is 6.03 Å². The van der Waals surface area contributed by atoms with Crippen LogP contribution in [0.2, 0.25) is 0 Å². The summed E-state index contributed by atoms with van der Waals surface area (Å²) in [5, 5.41) is 14.2. The van der Waals surface area contributed by atoms with Crippen molar-refractivity contribution in [2.75, 3.05) is 44.9 Å². The van der Waals surface area contributed by atoms with Crippen LogP contribution < -0.4 is 15.4 Å². The van der Waals surface area contributed by atoms with Gasteiger partial charge in [-0.25, -0.2) is 4.79 Å². The summed E-state index contributed by atoms with van der Waals surface area (Å²) >= 11 is 1.68. The van der Waals surface area contributed by atoms with E-state index in [1.54, 1.807) is 23.7 Å². The standard InChI is InChI=1S/C23H29N5O3S/c1-24-13-6-14-28(2)23(29)25-19-11-9-18(10-12-19)22-27-26-21(31-22)17-32-16-15-30-20-7-4-3-5-8-20/h3-5,7-12,24H,6,13-17H2,1-2H3,(H,25,29). The lowest BCUT2D eigenvalue weighted by atomic mass is 10.2. The highest BCUT2D eigenvalue weighted by molar-refractivity contribution is 7.98. The van der Waals surface area contributed by atoms with Crippen LogP contribution in [0, 0.1) is 0 Å². The van der Waals surface area contributed by atoms with Gasteiger partial charge in [-0.3, -0.25) is 0 Å². The van der Waals surface area contributed by atoms with Gasteiger partial charge in [0.15, 0.2) is 0 Å². The quantitative estimate of drug-likeness (QED) is 0.397. The van der Waals surface area contributed by atoms with Crippen molar-refractivity contribution < 1.29 is 13.9 Å². The largest absolute Gasteiger partial charge is 0.493 e. The number of hydrogen-bond acceptors (Lipinski definition) is 7. The number of hydrogen-bond donors (Lipinski definition) is 2. The van der Waals surface area contributed by atoms with Crippen LogP contribution in [0.25, 0.3) is 11.5 Å². The Morgan fingerprint density at radius 1 is 1.12 bits per heavy atom. The Morgan fingerprint density at radius 3 is 2.66 bits per heavy atom. The number of benzene rings is 2. The highest BCUT2D eigenvalue weighted by Gasteiger charge is 2.11. The van der Waals surface area contributed by atoms with E-state index in [1.807, 2.05) is 61.6 Å². The maximum Gasteiger partial charge on any atom is 0.321 e. The second kappa shape index (κ2) is 12.7. The van der Waals surface area contributed by atoms with Crippen molar-refractivity contribution in [1.29, 1.82) is 0 Å². The van der Waals surface area contributed by atoms with Gasteiger partial charge in [0.2, 0.25) is 11.8 Å². The number of ether oxygens (including phenoxy) is 1. The number of urea groups is 1. The SMILES string of the molecule is CNCCCN(C)C(=O)Nc1ccc(-c2nnc(CSCCOc3ccccc3)o2)cc1. The van der Waals surface area contributed by atoms with Crippen LogP contribution in [0.4, 0.5) is 10.5 Å². The number of rotatable bonds is 12. The number of amides is 2. The number of aromatic nitrogens is 2. The van der Waals surface area contributed by atoms with Crippen molar-refractivity contribution in [3.63, 3.8) is 0 Å². The van der Waals surface area contributed by atoms with E-state index >= 15 is 0 Å². The molecule has 0 aliphatic rings. The zero-order valence-corrected chi connectivity index (χ0v) is 19.2. The highest BCUT2D eigenvalue weighted by Crippen LogP contribution is 2.22. The van der Waals surface area contributed by atoms with Crippen LogP contribution in [0.5, 0.6) is 5.75 Å². The molecule has 9 heteroatoms. The van der Waals surface area contributed by atoms with Crippen LogP contribution in [0.1, 0.15) is 12.3 Å². The molecule has 0 fully saturated rings. The number of anilines is 1. The number of thioether (sulfide) groups is 1. The van der Waals surface area contributed by atoms with Crippen molar-refractivity contribution in [2.24, 2.45) is 0 Å². The van der Waals surface area contributed by atoms with Crippen LogP contribution in [-0.2, 0) is 5.75 Å². The van der Waals surface area contributed by atoms with Crippen LogP contribution in [0.15, 0.2) is 59.0 Å². The maximum atomic E-state index is 12.2. The first-order valence-corrected chi connectivity index (χ1v) is 11.7. The van der Waals surface area contributed by atoms with Gasteiger partial charge in [0.25, 0.3) is 0 Å². The van der Waals surface area contributed by atoms with Gasteiger partial charge in [0, 0.05) is 30.6 Å². The van der Waals surface area contributed by atoms with Crippen molar-refractivity contribution in [1.82, 2.24) is 20.4 Å². The molecule has 1 heterocycles. The van der Waals surface area contributed by atoms with E-state index in [0.717, 1.165) is 30.0 Å². The summed E-state index contributed by atoms with van der Waals surface area (Å²) in [5.74, 6) is 3.35. The predicted molar refractivity (Wildman–Crippen MR) is 128 cm³/mol. The summed E-state index contributed by atoms with van der Waals surface area (Å²) in [7, 11) is 3.68. The molecule has 0 atom stereocenters. The Hall–Kier alpha value is -3.04. The van der Waals surface area contributed by atoms with Gasteiger partial charge in [-0.2, -0.15) is 0 Å². The third-order valence-corrected chi connectivity index (χ3v) is 5.49. The molecule has 0 saturated carbocycles. The molecular weight excluding hydrogens is 426 g/mol. The minimum Gasteiger partial charge on any atom is -0.493 e. The first-order valence-electron chi connectivity index (χ1n) is 10.5. The number of nitrogens with one attached hydrogen (secondary N) is 2. The van der Waals surface area contributed by atoms with E-state index in [-0.39, 0.29) is 6.03 Å². The number of para-hydroxylation sites is 1. The third-order valence-electron chi connectivity index (χ3n) is 4.58. The zero-order chi connectivity index (χ0) is 22.6. The predicted octanol–water partition coefficient (Wildman–Crippen LogP) is 4.12. The van der Waals surface area contributed by atoms with Crippen molar-refractivity contribution in [3.05, 3.63) is 60.5 Å². The molecule has 0 spiro atoms. The molecule has 170 valence electrons. The first-order chi connectivity index (χ1) is 15.7. The highest BCUT2D eigenvalue weighted by atomic mass is 32.2. The van der Waals surface area contributed by atoms with Crippen LogP contribution in [0.3, 0.4) is 0 Å². The summed E-state index contributed by atoms with van der Waals surface area (Å²) in [6.07, 6.45) is 0.900. The lowest BCUT2D eigenvalue weighted by molar-refractivity contribution is 0.222. The molecule has 8 nitrogen and oxygen atoms in total. The molecule has 1 aromatic heterocycles.